The van der Waals surface area contributed by atoms with Gasteiger partial charge in [0.1, 0.15) is 23.9 Å². The van der Waals surface area contributed by atoms with Crippen molar-refractivity contribution >= 4 is 37.4 Å². The molecule has 0 amide bonds. The summed E-state index contributed by atoms with van der Waals surface area (Å²) in [5.74, 6) is 2.53. The maximum atomic E-state index is 9.91. The first-order chi connectivity index (χ1) is 15.1. The summed E-state index contributed by atoms with van der Waals surface area (Å²) in [5, 5.41) is 14.1. The van der Waals surface area contributed by atoms with Gasteiger partial charge in [-0.1, -0.05) is 28.1 Å². The van der Waals surface area contributed by atoms with E-state index in [4.69, 9.17) is 15.2 Å². The summed E-state index contributed by atoms with van der Waals surface area (Å²) in [4.78, 5) is 1.01. The maximum absolute atomic E-state index is 9.91. The topological polar surface area (TPSA) is 76.7 Å². The molecule has 5 nitrogen and oxygen atoms in total. The molecule has 0 saturated heterocycles. The molecule has 3 aromatic carbocycles. The zero-order valence-corrected chi connectivity index (χ0v) is 19.2. The molecule has 0 aliphatic heterocycles. The Morgan fingerprint density at radius 1 is 0.935 bits per heavy atom. The molecule has 1 heterocycles. The number of rotatable bonds is 9. The molecule has 7 heteroatoms. The molecule has 160 valence electrons. The van der Waals surface area contributed by atoms with Crippen LogP contribution in [-0.2, 0) is 0 Å². The second-order valence-corrected chi connectivity index (χ2v) is 8.88. The molecule has 4 rings (SSSR count). The number of nitrogens with two attached hydrogens (primary N) is 1. The number of phenolic OH excluding ortho intramolecular Hbond substituents is 1. The Morgan fingerprint density at radius 3 is 2.42 bits per heavy atom. The lowest BCUT2D eigenvalue weighted by atomic mass is 10.1. The van der Waals surface area contributed by atoms with Gasteiger partial charge >= 0.3 is 0 Å². The van der Waals surface area contributed by atoms with Gasteiger partial charge in [0.05, 0.1) is 4.88 Å². The van der Waals surface area contributed by atoms with Gasteiger partial charge in [0.2, 0.25) is 0 Å². The van der Waals surface area contributed by atoms with E-state index < -0.39 is 0 Å². The Labute approximate surface area is 193 Å². The van der Waals surface area contributed by atoms with Crippen LogP contribution in [0, 0.1) is 0 Å². The molecule has 0 fully saturated rings. The standard InChI is InChI=1S/C24H23BrN2O3S/c25-17-3-1-16(2-4-17)24-23(21-10-5-18(28)15-22(21)31-24)30-20-8-6-19(7-9-20)29-14-13-27-12-11-26/h1-10,15,27-28H,11-14,26H2. The summed E-state index contributed by atoms with van der Waals surface area (Å²) < 4.78 is 14.1. The predicted molar refractivity (Wildman–Crippen MR) is 131 cm³/mol. The minimum Gasteiger partial charge on any atom is -0.508 e. The van der Waals surface area contributed by atoms with Crippen molar-refractivity contribution in [1.82, 2.24) is 5.32 Å². The van der Waals surface area contributed by atoms with Crippen LogP contribution >= 0.6 is 27.3 Å². The Kier molecular flexibility index (Phi) is 7.09. The number of nitrogens with one attached hydrogen (secondary N) is 1. The fourth-order valence-electron chi connectivity index (χ4n) is 3.14. The first kappa shape index (κ1) is 21.6. The molecule has 0 unspecified atom stereocenters. The molecule has 0 spiro atoms. The zero-order chi connectivity index (χ0) is 21.6. The van der Waals surface area contributed by atoms with E-state index >= 15 is 0 Å². The van der Waals surface area contributed by atoms with E-state index in [9.17, 15) is 5.11 Å². The van der Waals surface area contributed by atoms with Crippen molar-refractivity contribution in [2.45, 2.75) is 0 Å². The summed E-state index contributed by atoms with van der Waals surface area (Å²) in [6, 6.07) is 21.1. The average molecular weight is 499 g/mol. The molecule has 0 bridgehead atoms. The minimum atomic E-state index is 0.241. The molecule has 0 radical (unpaired) electrons. The summed E-state index contributed by atoms with van der Waals surface area (Å²) in [6.45, 7) is 2.72. The van der Waals surface area contributed by atoms with Crippen LogP contribution in [0.3, 0.4) is 0 Å². The highest BCUT2D eigenvalue weighted by Crippen LogP contribution is 2.47. The van der Waals surface area contributed by atoms with E-state index in [1.807, 2.05) is 42.5 Å². The van der Waals surface area contributed by atoms with Crippen LogP contribution in [0.1, 0.15) is 0 Å². The number of phenols is 1. The van der Waals surface area contributed by atoms with Gasteiger partial charge in [0.25, 0.3) is 0 Å². The number of ether oxygens (including phenoxy) is 2. The van der Waals surface area contributed by atoms with Crippen LogP contribution in [-0.4, -0.2) is 31.3 Å². The van der Waals surface area contributed by atoms with Crippen molar-refractivity contribution < 1.29 is 14.6 Å². The first-order valence-corrected chi connectivity index (χ1v) is 11.6. The van der Waals surface area contributed by atoms with Crippen LogP contribution in [0.15, 0.2) is 71.2 Å². The van der Waals surface area contributed by atoms with Gasteiger partial charge in [-0.15, -0.1) is 11.3 Å². The lowest BCUT2D eigenvalue weighted by Gasteiger charge is -2.10. The third kappa shape index (κ3) is 5.37. The van der Waals surface area contributed by atoms with Crippen molar-refractivity contribution in [2.24, 2.45) is 5.73 Å². The van der Waals surface area contributed by atoms with E-state index in [0.717, 1.165) is 55.3 Å². The predicted octanol–water partition coefficient (Wildman–Crippen LogP) is 5.76. The second-order valence-electron chi connectivity index (χ2n) is 6.91. The third-order valence-corrected chi connectivity index (χ3v) is 6.36. The number of fused-ring (bicyclic) bond motifs is 1. The van der Waals surface area contributed by atoms with E-state index in [2.05, 4.69) is 33.4 Å². The quantitative estimate of drug-likeness (QED) is 0.256. The van der Waals surface area contributed by atoms with Gasteiger partial charge in [-0.2, -0.15) is 0 Å². The summed E-state index contributed by atoms with van der Waals surface area (Å²) in [5.41, 5.74) is 6.52. The molecule has 0 atom stereocenters. The zero-order valence-electron chi connectivity index (χ0n) is 16.8. The van der Waals surface area contributed by atoms with Gasteiger partial charge in [-0.3, -0.25) is 0 Å². The van der Waals surface area contributed by atoms with Crippen molar-refractivity contribution in [1.29, 1.82) is 0 Å². The molecule has 4 aromatic rings. The normalized spacial score (nSPS) is 11.0. The number of thiophene rings is 1. The van der Waals surface area contributed by atoms with Crippen LogP contribution in [0.5, 0.6) is 23.0 Å². The largest absolute Gasteiger partial charge is 0.508 e. The van der Waals surface area contributed by atoms with Crippen LogP contribution in [0.4, 0.5) is 0 Å². The molecule has 1 aromatic heterocycles. The van der Waals surface area contributed by atoms with Gasteiger partial charge in [-0.05, 0) is 60.2 Å². The summed E-state index contributed by atoms with van der Waals surface area (Å²) in [7, 11) is 0. The number of halogens is 1. The lowest BCUT2D eigenvalue weighted by Crippen LogP contribution is -2.26. The Hall–Kier alpha value is -2.58. The molecule has 0 aliphatic carbocycles. The van der Waals surface area contributed by atoms with E-state index in [1.54, 1.807) is 23.5 Å². The second kappa shape index (κ2) is 10.2. The number of hydrogen-bond donors (Lipinski definition) is 3. The van der Waals surface area contributed by atoms with Crippen LogP contribution < -0.4 is 20.5 Å². The van der Waals surface area contributed by atoms with Crippen molar-refractivity contribution in [3.05, 3.63) is 71.2 Å². The Morgan fingerprint density at radius 2 is 1.68 bits per heavy atom. The Balaban J connectivity index is 1.57. The van der Waals surface area contributed by atoms with Crippen molar-refractivity contribution in [2.75, 3.05) is 26.2 Å². The van der Waals surface area contributed by atoms with E-state index in [0.29, 0.717) is 13.2 Å². The number of hydrogen-bond acceptors (Lipinski definition) is 6. The van der Waals surface area contributed by atoms with Gasteiger partial charge in [0.15, 0.2) is 5.75 Å². The monoisotopic (exact) mass is 498 g/mol. The number of benzene rings is 3. The Bertz CT molecular complexity index is 1140. The molecular formula is C24H23BrN2O3S. The number of aromatic hydroxyl groups is 1. The van der Waals surface area contributed by atoms with E-state index in [-0.39, 0.29) is 5.75 Å². The fraction of sp³-hybridized carbons (Fsp3) is 0.167. The third-order valence-electron chi connectivity index (χ3n) is 4.65. The lowest BCUT2D eigenvalue weighted by molar-refractivity contribution is 0.314. The van der Waals surface area contributed by atoms with Gasteiger partial charge < -0.3 is 25.6 Å². The molecular weight excluding hydrogens is 476 g/mol. The maximum Gasteiger partial charge on any atom is 0.153 e. The fourth-order valence-corrected chi connectivity index (χ4v) is 4.58. The molecule has 4 N–H and O–H groups in total. The SMILES string of the molecule is NCCNCCOc1ccc(Oc2c(-c3ccc(Br)cc3)sc3cc(O)ccc23)cc1. The highest BCUT2D eigenvalue weighted by molar-refractivity contribution is 9.10. The van der Waals surface area contributed by atoms with Crippen LogP contribution in [0.2, 0.25) is 0 Å². The van der Waals surface area contributed by atoms with Crippen molar-refractivity contribution in [3.8, 4) is 33.4 Å². The van der Waals surface area contributed by atoms with E-state index in [1.165, 1.54) is 0 Å². The minimum absolute atomic E-state index is 0.241. The molecule has 31 heavy (non-hydrogen) atoms. The highest BCUT2D eigenvalue weighted by Gasteiger charge is 2.17. The van der Waals surface area contributed by atoms with Crippen LogP contribution in [0.25, 0.3) is 20.5 Å². The summed E-state index contributed by atoms with van der Waals surface area (Å²) in [6.07, 6.45) is 0. The van der Waals surface area contributed by atoms with Crippen molar-refractivity contribution in [3.63, 3.8) is 0 Å². The van der Waals surface area contributed by atoms with Gasteiger partial charge in [0, 0.05) is 34.2 Å². The smallest absolute Gasteiger partial charge is 0.153 e. The average Bonchev–Trinajstić information content (AvgIpc) is 3.12. The molecule has 0 saturated carbocycles. The highest BCUT2D eigenvalue weighted by atomic mass is 79.9. The molecule has 0 aliphatic rings. The first-order valence-electron chi connectivity index (χ1n) is 9.97. The summed E-state index contributed by atoms with van der Waals surface area (Å²) >= 11 is 5.09. The van der Waals surface area contributed by atoms with Gasteiger partial charge in [-0.25, -0.2) is 0 Å².